The number of hydrogen-bond acceptors (Lipinski definition) is 4. The topological polar surface area (TPSA) is 43.4 Å². The van der Waals surface area contributed by atoms with Crippen LogP contribution in [-0.4, -0.2) is 17.7 Å². The van der Waals surface area contributed by atoms with Crippen LogP contribution in [0.1, 0.15) is 22.8 Å². The van der Waals surface area contributed by atoms with E-state index in [1.165, 1.54) is 24.8 Å². The van der Waals surface area contributed by atoms with Crippen molar-refractivity contribution < 1.29 is 14.3 Å². The highest BCUT2D eigenvalue weighted by molar-refractivity contribution is 8.12. The third-order valence-electron chi connectivity index (χ3n) is 2.00. The maximum absolute atomic E-state index is 11.7. The van der Waals surface area contributed by atoms with Crippen molar-refractivity contribution in [2.45, 2.75) is 12.7 Å². The second-order valence-corrected chi connectivity index (χ2v) is 4.48. The molecule has 0 amide bonds. The Labute approximate surface area is 105 Å². The first-order chi connectivity index (χ1) is 8.15. The smallest absolute Gasteiger partial charge is 0.338 e. The van der Waals surface area contributed by atoms with Gasteiger partial charge >= 0.3 is 5.97 Å². The third-order valence-corrected chi connectivity index (χ3v) is 2.86. The summed E-state index contributed by atoms with van der Waals surface area (Å²) < 4.78 is 4.97. The summed E-state index contributed by atoms with van der Waals surface area (Å²) in [4.78, 5) is 22.6. The van der Waals surface area contributed by atoms with Gasteiger partial charge in [-0.05, 0) is 11.6 Å². The van der Waals surface area contributed by atoms with E-state index in [0.717, 1.165) is 5.56 Å². The molecule has 0 heterocycles. The van der Waals surface area contributed by atoms with E-state index in [1.807, 2.05) is 12.1 Å². The molecule has 0 atom stereocenters. The van der Waals surface area contributed by atoms with Gasteiger partial charge in [-0.15, -0.1) is 0 Å². The Hall–Kier alpha value is -1.55. The fraction of sp³-hybridized carbons (Fsp3) is 0.231. The molecular formula is C13H14O3S. The Kier molecular flexibility index (Phi) is 5.49. The number of ether oxygens (including phenoxy) is 1. The molecule has 0 saturated heterocycles. The number of carbonyl (C=O) groups is 2. The molecule has 0 N–H and O–H groups in total. The molecule has 90 valence electrons. The summed E-state index contributed by atoms with van der Waals surface area (Å²) in [5.74, 6) is 0.0963. The molecule has 0 aliphatic heterocycles. The van der Waals surface area contributed by atoms with Crippen molar-refractivity contribution in [3.63, 3.8) is 0 Å². The lowest BCUT2D eigenvalue weighted by atomic mass is 10.1. The Morgan fingerprint density at radius 1 is 1.41 bits per heavy atom. The van der Waals surface area contributed by atoms with Crippen molar-refractivity contribution in [3.05, 3.63) is 48.0 Å². The lowest BCUT2D eigenvalue weighted by molar-refractivity contribution is -0.109. The monoisotopic (exact) mass is 250 g/mol. The van der Waals surface area contributed by atoms with Crippen LogP contribution in [0.4, 0.5) is 0 Å². The molecule has 0 aliphatic carbocycles. The Bertz CT molecular complexity index is 426. The summed E-state index contributed by atoms with van der Waals surface area (Å²) in [6.45, 7) is 5.17. The van der Waals surface area contributed by atoms with Crippen LogP contribution >= 0.6 is 11.8 Å². The first-order valence-electron chi connectivity index (χ1n) is 5.14. The molecule has 0 aromatic heterocycles. The number of thioether (sulfide) groups is 1. The molecule has 0 fully saturated rings. The van der Waals surface area contributed by atoms with Crippen LogP contribution in [0, 0.1) is 0 Å². The number of rotatable bonds is 5. The summed E-state index contributed by atoms with van der Waals surface area (Å²) in [7, 11) is 0. The SMILES string of the molecule is C=CCOC(=O)c1ccccc1CSC(C)=O. The molecule has 0 aliphatic rings. The van der Waals surface area contributed by atoms with Gasteiger partial charge in [-0.2, -0.15) is 0 Å². The molecule has 3 nitrogen and oxygen atoms in total. The van der Waals surface area contributed by atoms with Crippen molar-refractivity contribution >= 4 is 22.8 Å². The quantitative estimate of drug-likeness (QED) is 0.595. The molecule has 0 unspecified atom stereocenters. The number of carbonyl (C=O) groups excluding carboxylic acids is 2. The predicted octanol–water partition coefficient (Wildman–Crippen LogP) is 2.81. The van der Waals surface area contributed by atoms with E-state index >= 15 is 0 Å². The first-order valence-corrected chi connectivity index (χ1v) is 6.13. The van der Waals surface area contributed by atoms with Gasteiger partial charge in [0.25, 0.3) is 0 Å². The van der Waals surface area contributed by atoms with E-state index in [1.54, 1.807) is 12.1 Å². The molecule has 0 saturated carbocycles. The second kappa shape index (κ2) is 6.91. The minimum Gasteiger partial charge on any atom is -0.458 e. The van der Waals surface area contributed by atoms with Gasteiger partial charge in [0.2, 0.25) is 0 Å². The van der Waals surface area contributed by atoms with Gasteiger partial charge in [0.1, 0.15) is 6.61 Å². The third kappa shape index (κ3) is 4.44. The van der Waals surface area contributed by atoms with Crippen molar-refractivity contribution in [2.24, 2.45) is 0 Å². The molecule has 0 spiro atoms. The molecule has 1 rings (SSSR count). The van der Waals surface area contributed by atoms with Crippen LogP contribution in [0.15, 0.2) is 36.9 Å². The minimum atomic E-state index is -0.385. The highest BCUT2D eigenvalue weighted by Gasteiger charge is 2.12. The van der Waals surface area contributed by atoms with Gasteiger partial charge < -0.3 is 4.74 Å². The summed E-state index contributed by atoms with van der Waals surface area (Å²) in [6, 6.07) is 7.12. The highest BCUT2D eigenvalue weighted by atomic mass is 32.2. The molecule has 0 bridgehead atoms. The largest absolute Gasteiger partial charge is 0.458 e. The molecule has 17 heavy (non-hydrogen) atoms. The Morgan fingerprint density at radius 3 is 2.76 bits per heavy atom. The minimum absolute atomic E-state index is 0.0271. The second-order valence-electron chi connectivity index (χ2n) is 3.32. The normalized spacial score (nSPS) is 9.71. The predicted molar refractivity (Wildman–Crippen MR) is 68.9 cm³/mol. The van der Waals surface area contributed by atoms with Crippen LogP contribution in [0.2, 0.25) is 0 Å². The average molecular weight is 250 g/mol. The van der Waals surface area contributed by atoms with Crippen LogP contribution in [0.25, 0.3) is 0 Å². The van der Waals surface area contributed by atoms with E-state index in [0.29, 0.717) is 11.3 Å². The van der Waals surface area contributed by atoms with Crippen LogP contribution < -0.4 is 0 Å². The molecule has 1 aromatic rings. The fourth-order valence-corrected chi connectivity index (χ4v) is 1.85. The van der Waals surface area contributed by atoms with Gasteiger partial charge in [0.15, 0.2) is 5.12 Å². The molecule has 4 heteroatoms. The van der Waals surface area contributed by atoms with E-state index in [-0.39, 0.29) is 17.7 Å². The van der Waals surface area contributed by atoms with Crippen LogP contribution in [0.5, 0.6) is 0 Å². The maximum Gasteiger partial charge on any atom is 0.338 e. The zero-order valence-corrected chi connectivity index (χ0v) is 10.5. The summed E-state index contributed by atoms with van der Waals surface area (Å²) in [5.41, 5.74) is 1.31. The van der Waals surface area contributed by atoms with Crippen LogP contribution in [0.3, 0.4) is 0 Å². The van der Waals surface area contributed by atoms with Crippen molar-refractivity contribution in [2.75, 3.05) is 6.61 Å². The standard InChI is InChI=1S/C13H14O3S/c1-3-8-16-13(15)12-7-5-4-6-11(12)9-17-10(2)14/h3-7H,1,8-9H2,2H3. The summed E-state index contributed by atoms with van der Waals surface area (Å²) >= 11 is 1.17. The molecule has 1 aromatic carbocycles. The van der Waals surface area contributed by atoms with Crippen molar-refractivity contribution in [1.82, 2.24) is 0 Å². The lowest BCUT2D eigenvalue weighted by Crippen LogP contribution is -2.08. The van der Waals surface area contributed by atoms with Gasteiger partial charge in [0.05, 0.1) is 5.56 Å². The van der Waals surface area contributed by atoms with Gasteiger partial charge in [-0.3, -0.25) is 4.79 Å². The zero-order chi connectivity index (χ0) is 12.7. The number of hydrogen-bond donors (Lipinski definition) is 0. The van der Waals surface area contributed by atoms with E-state index in [4.69, 9.17) is 4.74 Å². The summed E-state index contributed by atoms with van der Waals surface area (Å²) in [6.07, 6.45) is 1.52. The average Bonchev–Trinajstić information content (AvgIpc) is 2.33. The zero-order valence-electron chi connectivity index (χ0n) is 9.64. The van der Waals surface area contributed by atoms with Gasteiger partial charge in [-0.25, -0.2) is 4.79 Å². The fourth-order valence-electron chi connectivity index (χ4n) is 1.24. The van der Waals surface area contributed by atoms with Gasteiger partial charge in [0, 0.05) is 12.7 Å². The number of benzene rings is 1. The van der Waals surface area contributed by atoms with E-state index in [9.17, 15) is 9.59 Å². The van der Waals surface area contributed by atoms with Crippen molar-refractivity contribution in [1.29, 1.82) is 0 Å². The van der Waals surface area contributed by atoms with Crippen molar-refractivity contribution in [3.8, 4) is 0 Å². The highest BCUT2D eigenvalue weighted by Crippen LogP contribution is 2.17. The Balaban J connectivity index is 2.79. The van der Waals surface area contributed by atoms with E-state index < -0.39 is 0 Å². The lowest BCUT2D eigenvalue weighted by Gasteiger charge is -2.07. The molecular weight excluding hydrogens is 236 g/mol. The Morgan fingerprint density at radius 2 is 2.12 bits per heavy atom. The van der Waals surface area contributed by atoms with Gasteiger partial charge in [-0.1, -0.05) is 42.6 Å². The molecule has 0 radical (unpaired) electrons. The summed E-state index contributed by atoms with van der Waals surface area (Å²) in [5, 5.41) is 0.0271. The first kappa shape index (κ1) is 13.5. The van der Waals surface area contributed by atoms with E-state index in [2.05, 4.69) is 6.58 Å². The maximum atomic E-state index is 11.7. The number of esters is 1. The van der Waals surface area contributed by atoms with Crippen LogP contribution in [-0.2, 0) is 15.3 Å².